The second-order valence-electron chi connectivity index (χ2n) is 6.63. The summed E-state index contributed by atoms with van der Waals surface area (Å²) in [5.74, 6) is -1.03. The third-order valence-electron chi connectivity index (χ3n) is 5.10. The average molecular weight is 352 g/mol. The van der Waals surface area contributed by atoms with Crippen LogP contribution in [-0.2, 0) is 20.2 Å². The molecular formula is C16H20N2O5S. The van der Waals surface area contributed by atoms with E-state index in [9.17, 15) is 18.0 Å². The van der Waals surface area contributed by atoms with Gasteiger partial charge >= 0.3 is 6.09 Å². The molecule has 3 rings (SSSR count). The van der Waals surface area contributed by atoms with Crippen LogP contribution >= 0.6 is 0 Å². The molecule has 0 bridgehead atoms. The van der Waals surface area contributed by atoms with Crippen LogP contribution in [0.4, 0.5) is 4.79 Å². The molecule has 2 aliphatic rings. The first kappa shape index (κ1) is 16.8. The minimum absolute atomic E-state index is 0.262. The lowest BCUT2D eigenvalue weighted by Crippen LogP contribution is -2.44. The Morgan fingerprint density at radius 2 is 1.88 bits per heavy atom. The van der Waals surface area contributed by atoms with E-state index < -0.39 is 27.9 Å². The van der Waals surface area contributed by atoms with Crippen molar-refractivity contribution in [2.45, 2.75) is 30.6 Å². The van der Waals surface area contributed by atoms with E-state index in [2.05, 4.69) is 4.72 Å². The third kappa shape index (κ3) is 2.98. The molecule has 0 saturated carbocycles. The molecule has 7 nitrogen and oxygen atoms in total. The van der Waals surface area contributed by atoms with Gasteiger partial charge in [-0.25, -0.2) is 13.2 Å². The van der Waals surface area contributed by atoms with Gasteiger partial charge in [0.05, 0.1) is 12.2 Å². The summed E-state index contributed by atoms with van der Waals surface area (Å²) in [4.78, 5) is 24.9. The van der Waals surface area contributed by atoms with Gasteiger partial charge in [0.15, 0.2) is 0 Å². The molecule has 1 heterocycles. The SMILES string of the molecule is CS(=O)(=O)NC(=O)C1CC2(CCN(C(=O)O)CC2)c2ccccc21. The van der Waals surface area contributed by atoms with Crippen molar-refractivity contribution in [3.8, 4) is 0 Å². The number of likely N-dealkylation sites (tertiary alicyclic amines) is 1. The van der Waals surface area contributed by atoms with Gasteiger partial charge in [0.25, 0.3) is 0 Å². The highest BCUT2D eigenvalue weighted by Crippen LogP contribution is 2.51. The second-order valence-corrected chi connectivity index (χ2v) is 8.38. The molecule has 0 aromatic heterocycles. The van der Waals surface area contributed by atoms with Gasteiger partial charge in [-0.1, -0.05) is 24.3 Å². The summed E-state index contributed by atoms with van der Waals surface area (Å²) < 4.78 is 24.9. The number of carbonyl (C=O) groups excluding carboxylic acids is 1. The number of rotatable bonds is 2. The summed E-state index contributed by atoms with van der Waals surface area (Å²) >= 11 is 0. The Morgan fingerprint density at radius 1 is 1.25 bits per heavy atom. The number of amides is 2. The molecule has 130 valence electrons. The zero-order chi connectivity index (χ0) is 17.5. The minimum atomic E-state index is -3.61. The number of carbonyl (C=O) groups is 2. The number of benzene rings is 1. The molecule has 1 aliphatic heterocycles. The van der Waals surface area contributed by atoms with Gasteiger partial charge < -0.3 is 10.0 Å². The van der Waals surface area contributed by atoms with Crippen molar-refractivity contribution in [2.24, 2.45) is 0 Å². The molecular weight excluding hydrogens is 332 g/mol. The van der Waals surface area contributed by atoms with Gasteiger partial charge in [0, 0.05) is 18.5 Å². The van der Waals surface area contributed by atoms with E-state index in [1.807, 2.05) is 24.3 Å². The normalized spacial score (nSPS) is 22.2. The molecule has 1 aliphatic carbocycles. The monoisotopic (exact) mass is 352 g/mol. The first-order valence-corrected chi connectivity index (χ1v) is 9.70. The zero-order valence-corrected chi connectivity index (χ0v) is 14.2. The van der Waals surface area contributed by atoms with Crippen molar-refractivity contribution in [3.05, 3.63) is 35.4 Å². The van der Waals surface area contributed by atoms with Crippen molar-refractivity contribution in [1.82, 2.24) is 9.62 Å². The zero-order valence-electron chi connectivity index (χ0n) is 13.4. The maximum Gasteiger partial charge on any atom is 0.407 e. The number of hydrogen-bond donors (Lipinski definition) is 2. The quantitative estimate of drug-likeness (QED) is 0.834. The highest BCUT2D eigenvalue weighted by Gasteiger charge is 2.48. The first-order chi connectivity index (χ1) is 11.2. The van der Waals surface area contributed by atoms with Gasteiger partial charge in [-0.2, -0.15) is 0 Å². The van der Waals surface area contributed by atoms with Gasteiger partial charge in [-0.05, 0) is 30.4 Å². The fourth-order valence-corrected chi connectivity index (χ4v) is 4.49. The van der Waals surface area contributed by atoms with Crippen LogP contribution in [0.25, 0.3) is 0 Å². The largest absolute Gasteiger partial charge is 0.465 e. The Bertz CT molecular complexity index is 781. The van der Waals surface area contributed by atoms with Crippen molar-refractivity contribution in [1.29, 1.82) is 0 Å². The maximum atomic E-state index is 12.4. The maximum absolute atomic E-state index is 12.4. The predicted molar refractivity (Wildman–Crippen MR) is 87.3 cm³/mol. The molecule has 1 atom stereocenters. The van der Waals surface area contributed by atoms with Crippen LogP contribution < -0.4 is 4.72 Å². The van der Waals surface area contributed by atoms with Crippen molar-refractivity contribution in [3.63, 3.8) is 0 Å². The number of nitrogens with zero attached hydrogens (tertiary/aromatic N) is 1. The van der Waals surface area contributed by atoms with Crippen molar-refractivity contribution >= 4 is 22.0 Å². The lowest BCUT2D eigenvalue weighted by molar-refractivity contribution is -0.121. The van der Waals surface area contributed by atoms with Crippen LogP contribution in [0.2, 0.25) is 0 Å². The Hall–Kier alpha value is -2.09. The number of piperidine rings is 1. The van der Waals surface area contributed by atoms with E-state index in [-0.39, 0.29) is 5.41 Å². The van der Waals surface area contributed by atoms with Crippen LogP contribution in [0, 0.1) is 0 Å². The molecule has 1 unspecified atom stereocenters. The summed E-state index contributed by atoms with van der Waals surface area (Å²) in [6.07, 6.45) is 1.83. The Balaban J connectivity index is 1.90. The van der Waals surface area contributed by atoms with Crippen LogP contribution in [0.1, 0.15) is 36.3 Å². The van der Waals surface area contributed by atoms with Crippen molar-refractivity contribution < 1.29 is 23.1 Å². The molecule has 1 aromatic carbocycles. The molecule has 2 amide bonds. The molecule has 1 saturated heterocycles. The van der Waals surface area contributed by atoms with Crippen LogP contribution in [0.3, 0.4) is 0 Å². The van der Waals surface area contributed by atoms with Crippen LogP contribution in [0.5, 0.6) is 0 Å². The van der Waals surface area contributed by atoms with E-state index in [0.29, 0.717) is 32.4 Å². The van der Waals surface area contributed by atoms with Gasteiger partial charge in [-0.15, -0.1) is 0 Å². The Kier molecular flexibility index (Phi) is 4.03. The fourth-order valence-electron chi connectivity index (χ4n) is 3.98. The first-order valence-electron chi connectivity index (χ1n) is 7.81. The van der Waals surface area contributed by atoms with Gasteiger partial charge in [0.1, 0.15) is 0 Å². The second kappa shape index (κ2) is 5.77. The summed E-state index contributed by atoms with van der Waals surface area (Å²) in [5.41, 5.74) is 1.63. The van der Waals surface area contributed by atoms with E-state index in [1.165, 1.54) is 4.90 Å². The Labute approximate surface area is 140 Å². The molecule has 0 radical (unpaired) electrons. The smallest absolute Gasteiger partial charge is 0.407 e. The number of nitrogens with one attached hydrogen (secondary N) is 1. The van der Waals surface area contributed by atoms with Crippen LogP contribution in [-0.4, -0.2) is 49.8 Å². The minimum Gasteiger partial charge on any atom is -0.465 e. The fraction of sp³-hybridized carbons (Fsp3) is 0.500. The van der Waals surface area contributed by atoms with Gasteiger partial charge in [0.2, 0.25) is 15.9 Å². The standard InChI is InChI=1S/C16H20N2O5S/c1-24(22,23)17-14(19)12-10-16(13-5-3-2-4-11(12)13)6-8-18(9-7-16)15(20)21/h2-5,12H,6-10H2,1H3,(H,17,19)(H,20,21). The van der Waals surface area contributed by atoms with E-state index in [0.717, 1.165) is 17.4 Å². The lowest BCUT2D eigenvalue weighted by atomic mass is 9.73. The topological polar surface area (TPSA) is 104 Å². The number of carboxylic acid groups (broad SMARTS) is 1. The van der Waals surface area contributed by atoms with E-state index >= 15 is 0 Å². The van der Waals surface area contributed by atoms with Crippen LogP contribution in [0.15, 0.2) is 24.3 Å². The predicted octanol–water partition coefficient (Wildman–Crippen LogP) is 1.26. The van der Waals surface area contributed by atoms with Gasteiger partial charge in [-0.3, -0.25) is 9.52 Å². The van der Waals surface area contributed by atoms with E-state index in [4.69, 9.17) is 5.11 Å². The number of fused-ring (bicyclic) bond motifs is 2. The number of hydrogen-bond acceptors (Lipinski definition) is 4. The summed E-state index contributed by atoms with van der Waals surface area (Å²) in [6, 6.07) is 7.58. The average Bonchev–Trinajstić information content (AvgIpc) is 2.81. The summed E-state index contributed by atoms with van der Waals surface area (Å²) in [5, 5.41) is 9.13. The number of sulfonamides is 1. The molecule has 8 heteroatoms. The molecule has 1 spiro atoms. The summed E-state index contributed by atoms with van der Waals surface area (Å²) in [6.45, 7) is 0.841. The highest BCUT2D eigenvalue weighted by atomic mass is 32.2. The molecule has 1 aromatic rings. The van der Waals surface area contributed by atoms with E-state index in [1.54, 1.807) is 0 Å². The lowest BCUT2D eigenvalue weighted by Gasteiger charge is -2.39. The highest BCUT2D eigenvalue weighted by molar-refractivity contribution is 7.89. The molecule has 2 N–H and O–H groups in total. The third-order valence-corrected chi connectivity index (χ3v) is 5.67. The van der Waals surface area contributed by atoms with Crippen molar-refractivity contribution in [2.75, 3.05) is 19.3 Å². The molecule has 1 fully saturated rings. The molecule has 24 heavy (non-hydrogen) atoms. The summed E-state index contributed by atoms with van der Waals surface area (Å²) in [7, 11) is -3.61. The Morgan fingerprint density at radius 3 is 2.46 bits per heavy atom.